The number of rotatable bonds is 7. The van der Waals surface area contributed by atoms with Crippen molar-refractivity contribution >= 4 is 22.8 Å². The maximum Gasteiger partial charge on any atom is 0.335 e. The maximum absolute atomic E-state index is 13.1. The van der Waals surface area contributed by atoms with E-state index in [1.54, 1.807) is 18.2 Å². The van der Waals surface area contributed by atoms with Crippen LogP contribution in [0.1, 0.15) is 76.2 Å². The fraction of sp³-hybridized carbons (Fsp3) is 0.393. The molecule has 34 heavy (non-hydrogen) atoms. The zero-order valence-corrected chi connectivity index (χ0v) is 19.4. The summed E-state index contributed by atoms with van der Waals surface area (Å²) < 4.78 is 0. The van der Waals surface area contributed by atoms with Crippen molar-refractivity contribution in [2.45, 2.75) is 51.5 Å². The first-order chi connectivity index (χ1) is 16.4. The van der Waals surface area contributed by atoms with Crippen LogP contribution in [0.2, 0.25) is 0 Å². The number of benzene rings is 2. The van der Waals surface area contributed by atoms with Gasteiger partial charge in [0.25, 0.3) is 5.91 Å². The largest absolute Gasteiger partial charge is 0.478 e. The summed E-state index contributed by atoms with van der Waals surface area (Å²) in [6, 6.07) is 13.7. The van der Waals surface area contributed by atoms with E-state index >= 15 is 0 Å². The second kappa shape index (κ2) is 8.84. The van der Waals surface area contributed by atoms with E-state index in [0.29, 0.717) is 22.5 Å². The summed E-state index contributed by atoms with van der Waals surface area (Å²) in [5.74, 6) is -0.576. The number of fused-ring (bicyclic) bond motifs is 2. The highest BCUT2D eigenvalue weighted by Crippen LogP contribution is 2.55. The van der Waals surface area contributed by atoms with Gasteiger partial charge in [-0.05, 0) is 97.4 Å². The van der Waals surface area contributed by atoms with Crippen LogP contribution in [-0.4, -0.2) is 33.7 Å². The molecular weight excluding hydrogens is 428 g/mol. The second-order valence-corrected chi connectivity index (χ2v) is 10.1. The SMILES string of the molecule is CC1([C@H]2CCc3nc4ccc(C(=O)N[C@H](CCO)c5cccc(C(=O)O)c5)cc4cc3C2)CC1. The van der Waals surface area contributed by atoms with E-state index in [1.807, 2.05) is 12.1 Å². The Morgan fingerprint density at radius 1 is 1.15 bits per heavy atom. The Labute approximate surface area is 199 Å². The zero-order chi connectivity index (χ0) is 23.9. The minimum atomic E-state index is -1.03. The molecule has 1 amide bonds. The van der Waals surface area contributed by atoms with Gasteiger partial charge >= 0.3 is 5.97 Å². The lowest BCUT2D eigenvalue weighted by atomic mass is 9.77. The summed E-state index contributed by atoms with van der Waals surface area (Å²) in [5, 5.41) is 22.7. The molecule has 5 rings (SSSR count). The minimum Gasteiger partial charge on any atom is -0.478 e. The van der Waals surface area contributed by atoms with Crippen LogP contribution in [0.4, 0.5) is 0 Å². The van der Waals surface area contributed by atoms with Crippen LogP contribution in [-0.2, 0) is 12.8 Å². The van der Waals surface area contributed by atoms with Gasteiger partial charge in [0.15, 0.2) is 0 Å². The minimum absolute atomic E-state index is 0.129. The molecule has 6 nitrogen and oxygen atoms in total. The Kier molecular flexibility index (Phi) is 5.86. The van der Waals surface area contributed by atoms with Gasteiger partial charge in [-0.15, -0.1) is 0 Å². The van der Waals surface area contributed by atoms with Crippen molar-refractivity contribution in [3.63, 3.8) is 0 Å². The van der Waals surface area contributed by atoms with Gasteiger partial charge in [0.1, 0.15) is 0 Å². The molecule has 1 fully saturated rings. The molecule has 3 N–H and O–H groups in total. The molecule has 1 saturated carbocycles. The fourth-order valence-electron chi connectivity index (χ4n) is 5.25. The zero-order valence-electron chi connectivity index (χ0n) is 19.4. The van der Waals surface area contributed by atoms with Crippen LogP contribution < -0.4 is 5.32 Å². The van der Waals surface area contributed by atoms with Crippen LogP contribution in [0.5, 0.6) is 0 Å². The number of carboxylic acid groups (broad SMARTS) is 1. The third-order valence-corrected chi connectivity index (χ3v) is 7.72. The Hall–Kier alpha value is -3.25. The number of hydrogen-bond acceptors (Lipinski definition) is 4. The van der Waals surface area contributed by atoms with E-state index in [2.05, 4.69) is 18.3 Å². The highest BCUT2D eigenvalue weighted by Gasteiger charge is 2.45. The first-order valence-electron chi connectivity index (χ1n) is 12.0. The first-order valence-corrected chi connectivity index (χ1v) is 12.0. The van der Waals surface area contributed by atoms with Crippen molar-refractivity contribution in [2.24, 2.45) is 11.3 Å². The molecule has 0 aliphatic heterocycles. The topological polar surface area (TPSA) is 99.5 Å². The Bertz CT molecular complexity index is 1260. The van der Waals surface area contributed by atoms with Gasteiger partial charge in [0, 0.05) is 23.3 Å². The van der Waals surface area contributed by atoms with Crippen molar-refractivity contribution in [3.8, 4) is 0 Å². The van der Waals surface area contributed by atoms with Crippen molar-refractivity contribution in [1.29, 1.82) is 0 Å². The van der Waals surface area contributed by atoms with E-state index in [4.69, 9.17) is 4.98 Å². The molecule has 2 aliphatic rings. The quantitative estimate of drug-likeness (QED) is 0.477. The first kappa shape index (κ1) is 22.5. The molecule has 6 heteroatoms. The number of carbonyl (C=O) groups is 2. The van der Waals surface area contributed by atoms with E-state index in [9.17, 15) is 19.8 Å². The number of carbonyl (C=O) groups excluding carboxylic acids is 1. The Morgan fingerprint density at radius 3 is 2.71 bits per heavy atom. The highest BCUT2D eigenvalue weighted by molar-refractivity contribution is 5.98. The van der Waals surface area contributed by atoms with Gasteiger partial charge in [0.05, 0.1) is 17.1 Å². The van der Waals surface area contributed by atoms with Gasteiger partial charge in [-0.3, -0.25) is 9.78 Å². The number of hydrogen-bond donors (Lipinski definition) is 3. The summed E-state index contributed by atoms with van der Waals surface area (Å²) in [4.78, 5) is 29.4. The average Bonchev–Trinajstić information content (AvgIpc) is 3.60. The van der Waals surface area contributed by atoms with Crippen LogP contribution in [0.25, 0.3) is 10.9 Å². The van der Waals surface area contributed by atoms with Crippen molar-refractivity contribution < 1.29 is 19.8 Å². The average molecular weight is 459 g/mol. The van der Waals surface area contributed by atoms with Gasteiger partial charge < -0.3 is 15.5 Å². The van der Waals surface area contributed by atoms with Crippen molar-refractivity contribution in [2.75, 3.05) is 6.61 Å². The molecule has 2 atom stereocenters. The molecule has 2 aromatic carbocycles. The predicted octanol–water partition coefficient (Wildman–Crippen LogP) is 4.69. The van der Waals surface area contributed by atoms with Crippen molar-refractivity contribution in [3.05, 3.63) is 76.5 Å². The van der Waals surface area contributed by atoms with Crippen molar-refractivity contribution in [1.82, 2.24) is 10.3 Å². The van der Waals surface area contributed by atoms with E-state index in [1.165, 1.54) is 42.7 Å². The molecule has 2 aliphatic carbocycles. The number of aliphatic hydroxyl groups is 1. The highest BCUT2D eigenvalue weighted by atomic mass is 16.4. The van der Waals surface area contributed by atoms with Gasteiger partial charge in [0.2, 0.25) is 0 Å². The van der Waals surface area contributed by atoms with Crippen LogP contribution in [0.3, 0.4) is 0 Å². The normalized spacial score (nSPS) is 19.3. The number of nitrogens with zero attached hydrogens (tertiary/aromatic N) is 1. The maximum atomic E-state index is 13.1. The number of aryl methyl sites for hydroxylation is 1. The lowest BCUT2D eigenvalue weighted by Crippen LogP contribution is -2.29. The lowest BCUT2D eigenvalue weighted by molar-refractivity contribution is 0.0696. The van der Waals surface area contributed by atoms with Crippen LogP contribution in [0, 0.1) is 11.3 Å². The third-order valence-electron chi connectivity index (χ3n) is 7.72. The van der Waals surface area contributed by atoms with Gasteiger partial charge in [-0.2, -0.15) is 0 Å². The smallest absolute Gasteiger partial charge is 0.335 e. The molecule has 0 radical (unpaired) electrons. The van der Waals surface area contributed by atoms with Gasteiger partial charge in [-0.1, -0.05) is 19.1 Å². The molecule has 0 unspecified atom stereocenters. The van der Waals surface area contributed by atoms with Crippen LogP contribution in [0.15, 0.2) is 48.5 Å². The summed E-state index contributed by atoms with van der Waals surface area (Å²) >= 11 is 0. The predicted molar refractivity (Wildman–Crippen MR) is 130 cm³/mol. The molecule has 3 aromatic rings. The lowest BCUT2D eigenvalue weighted by Gasteiger charge is -2.29. The number of amides is 1. The molecule has 176 valence electrons. The second-order valence-electron chi connectivity index (χ2n) is 10.1. The molecule has 1 heterocycles. The van der Waals surface area contributed by atoms with Gasteiger partial charge in [-0.25, -0.2) is 4.79 Å². The summed E-state index contributed by atoms with van der Waals surface area (Å²) in [7, 11) is 0. The van der Waals surface area contributed by atoms with E-state index < -0.39 is 12.0 Å². The molecule has 1 aromatic heterocycles. The number of carboxylic acids is 1. The molecule has 0 bridgehead atoms. The number of aliphatic hydroxyl groups excluding tert-OH is 1. The number of pyridine rings is 1. The number of nitrogens with one attached hydrogen (secondary N) is 1. The third kappa shape index (κ3) is 4.42. The Balaban J connectivity index is 1.39. The number of aromatic nitrogens is 1. The standard InChI is InChI=1S/C28H30N2O4/c1-28(10-11-28)22-6-8-24-21(16-22)15-20-14-18(5-7-23(20)29-24)26(32)30-25(9-12-31)17-3-2-4-19(13-17)27(33)34/h2-5,7,13-15,22,25,31H,6,8-12,16H2,1H3,(H,30,32)(H,33,34)/t22-,25+/m0/s1. The Morgan fingerprint density at radius 2 is 1.97 bits per heavy atom. The number of aromatic carboxylic acids is 1. The summed E-state index contributed by atoms with van der Waals surface area (Å²) in [6.07, 6.45) is 6.22. The monoisotopic (exact) mass is 458 g/mol. The molecule has 0 saturated heterocycles. The fourth-order valence-corrected chi connectivity index (χ4v) is 5.25. The van der Waals surface area contributed by atoms with E-state index in [0.717, 1.165) is 23.7 Å². The summed E-state index contributed by atoms with van der Waals surface area (Å²) in [5.41, 5.74) is 5.20. The molecule has 0 spiro atoms. The molecular formula is C28H30N2O4. The summed E-state index contributed by atoms with van der Waals surface area (Å²) in [6.45, 7) is 2.27. The van der Waals surface area contributed by atoms with E-state index in [-0.39, 0.29) is 24.5 Å². The van der Waals surface area contributed by atoms with Crippen LogP contribution >= 0.6 is 0 Å².